The van der Waals surface area contributed by atoms with Gasteiger partial charge in [-0.3, -0.25) is 0 Å². The summed E-state index contributed by atoms with van der Waals surface area (Å²) in [5.41, 5.74) is 3.10. The topological polar surface area (TPSA) is 20.2 Å². The molecule has 1 nitrogen and oxygen atoms in total. The minimum Gasteiger partial charge on any atom is -0.507 e. The lowest BCUT2D eigenvalue weighted by molar-refractivity contribution is 0.384. The molecule has 0 aliphatic heterocycles. The summed E-state index contributed by atoms with van der Waals surface area (Å²) in [5, 5.41) is 9.83. The van der Waals surface area contributed by atoms with Crippen LogP contribution in [0.5, 0.6) is 0 Å². The molecule has 0 saturated heterocycles. The van der Waals surface area contributed by atoms with Gasteiger partial charge in [-0.15, -0.1) is 0 Å². The number of aliphatic hydroxyl groups excluding tert-OH is 1. The highest BCUT2D eigenvalue weighted by Crippen LogP contribution is 2.36. The summed E-state index contributed by atoms with van der Waals surface area (Å²) in [4.78, 5) is 0. The summed E-state index contributed by atoms with van der Waals surface area (Å²) in [7, 11) is 0. The Morgan fingerprint density at radius 3 is 2.38 bits per heavy atom. The average Bonchev–Trinajstić information content (AvgIpc) is 1.94. The molecular formula is C12H18O. The molecule has 0 aromatic carbocycles. The molecule has 0 aromatic heterocycles. The van der Waals surface area contributed by atoms with Gasteiger partial charge in [0.05, 0.1) is 0 Å². The highest BCUT2D eigenvalue weighted by molar-refractivity contribution is 5.44. The van der Waals surface area contributed by atoms with E-state index < -0.39 is 0 Å². The lowest BCUT2D eigenvalue weighted by Gasteiger charge is -2.26. The van der Waals surface area contributed by atoms with Crippen LogP contribution in [-0.4, -0.2) is 5.11 Å². The van der Waals surface area contributed by atoms with Gasteiger partial charge in [-0.05, 0) is 29.9 Å². The Balaban J connectivity index is 3.19. The second-order valence-corrected chi connectivity index (χ2v) is 4.78. The monoisotopic (exact) mass is 178 g/mol. The van der Waals surface area contributed by atoms with E-state index in [4.69, 9.17) is 0 Å². The van der Waals surface area contributed by atoms with Crippen molar-refractivity contribution in [1.29, 1.82) is 0 Å². The third-order valence-electron chi connectivity index (χ3n) is 2.28. The van der Waals surface area contributed by atoms with E-state index in [0.29, 0.717) is 5.76 Å². The van der Waals surface area contributed by atoms with E-state index >= 15 is 0 Å². The van der Waals surface area contributed by atoms with Gasteiger partial charge in [-0.1, -0.05) is 39.0 Å². The Morgan fingerprint density at radius 2 is 1.92 bits per heavy atom. The van der Waals surface area contributed by atoms with Crippen LogP contribution in [-0.2, 0) is 0 Å². The van der Waals surface area contributed by atoms with Gasteiger partial charge in [-0.25, -0.2) is 0 Å². The molecule has 1 aliphatic rings. The van der Waals surface area contributed by atoms with Crippen LogP contribution in [0.2, 0.25) is 0 Å². The van der Waals surface area contributed by atoms with Crippen LogP contribution >= 0.6 is 0 Å². The lowest BCUT2D eigenvalue weighted by Crippen LogP contribution is -2.14. The molecule has 1 N–H and O–H groups in total. The molecule has 0 saturated carbocycles. The number of aliphatic hydroxyl groups is 1. The van der Waals surface area contributed by atoms with Crippen LogP contribution in [0.15, 0.2) is 35.1 Å². The second-order valence-electron chi connectivity index (χ2n) is 4.78. The van der Waals surface area contributed by atoms with Crippen molar-refractivity contribution in [3.8, 4) is 0 Å². The van der Waals surface area contributed by atoms with Crippen molar-refractivity contribution >= 4 is 0 Å². The Hall–Kier alpha value is -0.980. The third kappa shape index (κ3) is 2.03. The van der Waals surface area contributed by atoms with E-state index in [2.05, 4.69) is 40.3 Å². The molecule has 0 amide bonds. The zero-order chi connectivity index (χ0) is 10.2. The fraction of sp³-hybridized carbons (Fsp3) is 0.500. The number of allylic oxidation sites excluding steroid dienone is 4. The van der Waals surface area contributed by atoms with Gasteiger partial charge in [0.2, 0.25) is 0 Å². The molecule has 0 radical (unpaired) electrons. The molecule has 0 heterocycles. The molecule has 1 heteroatoms. The van der Waals surface area contributed by atoms with Crippen LogP contribution in [0.4, 0.5) is 0 Å². The smallest absolute Gasteiger partial charge is 0.122 e. The van der Waals surface area contributed by atoms with Gasteiger partial charge in [0.1, 0.15) is 5.76 Å². The first-order chi connectivity index (χ1) is 5.82. The van der Waals surface area contributed by atoms with Crippen LogP contribution in [0.25, 0.3) is 0 Å². The standard InChI is InChI=1S/C12H18O/c1-8-6-9(2)11(13)10(7-8)12(3,4)5/h7,13H,2,6H2,1,3-5H3. The molecule has 0 aromatic rings. The van der Waals surface area contributed by atoms with Crippen molar-refractivity contribution in [2.75, 3.05) is 0 Å². The van der Waals surface area contributed by atoms with Gasteiger partial charge in [-0.2, -0.15) is 0 Å². The maximum absolute atomic E-state index is 9.83. The third-order valence-corrected chi connectivity index (χ3v) is 2.28. The van der Waals surface area contributed by atoms with E-state index in [1.54, 1.807) is 0 Å². The first-order valence-electron chi connectivity index (χ1n) is 4.61. The molecule has 0 atom stereocenters. The predicted octanol–water partition coefficient (Wildman–Crippen LogP) is 3.75. The maximum Gasteiger partial charge on any atom is 0.122 e. The SMILES string of the molecule is C=C1CC(C)=CC(C(C)(C)C)=C1O. The normalized spacial score (nSPS) is 19.1. The molecule has 72 valence electrons. The lowest BCUT2D eigenvalue weighted by atomic mass is 9.80. The summed E-state index contributed by atoms with van der Waals surface area (Å²) >= 11 is 0. The molecular weight excluding hydrogens is 160 g/mol. The van der Waals surface area contributed by atoms with E-state index in [0.717, 1.165) is 17.6 Å². The van der Waals surface area contributed by atoms with Gasteiger partial charge in [0, 0.05) is 0 Å². The van der Waals surface area contributed by atoms with E-state index in [1.165, 1.54) is 5.57 Å². The van der Waals surface area contributed by atoms with E-state index in [-0.39, 0.29) is 5.41 Å². The Morgan fingerprint density at radius 1 is 1.38 bits per heavy atom. The highest BCUT2D eigenvalue weighted by atomic mass is 16.3. The van der Waals surface area contributed by atoms with Gasteiger partial charge >= 0.3 is 0 Å². The van der Waals surface area contributed by atoms with E-state index in [1.807, 2.05) is 0 Å². The van der Waals surface area contributed by atoms with Crippen LogP contribution in [0.1, 0.15) is 34.1 Å². The van der Waals surface area contributed by atoms with Crippen molar-refractivity contribution in [2.24, 2.45) is 5.41 Å². The summed E-state index contributed by atoms with van der Waals surface area (Å²) in [6.45, 7) is 12.2. The van der Waals surface area contributed by atoms with Gasteiger partial charge in [0.15, 0.2) is 0 Å². The average molecular weight is 178 g/mol. The zero-order valence-corrected chi connectivity index (χ0v) is 8.94. The Labute approximate surface area is 80.5 Å². The molecule has 13 heavy (non-hydrogen) atoms. The van der Waals surface area contributed by atoms with Crippen molar-refractivity contribution in [3.63, 3.8) is 0 Å². The number of hydrogen-bond acceptors (Lipinski definition) is 1. The Bertz CT molecular complexity index is 298. The first-order valence-corrected chi connectivity index (χ1v) is 4.61. The summed E-state index contributed by atoms with van der Waals surface area (Å²) in [6, 6.07) is 0. The molecule has 0 fully saturated rings. The van der Waals surface area contributed by atoms with Crippen molar-refractivity contribution in [1.82, 2.24) is 0 Å². The van der Waals surface area contributed by atoms with Gasteiger partial charge in [0.25, 0.3) is 0 Å². The predicted molar refractivity (Wildman–Crippen MR) is 56.6 cm³/mol. The summed E-state index contributed by atoms with van der Waals surface area (Å²) < 4.78 is 0. The largest absolute Gasteiger partial charge is 0.507 e. The quantitative estimate of drug-likeness (QED) is 0.599. The summed E-state index contributed by atoms with van der Waals surface area (Å²) in [6.07, 6.45) is 2.87. The highest BCUT2D eigenvalue weighted by Gasteiger charge is 2.23. The Kier molecular flexibility index (Phi) is 2.38. The first kappa shape index (κ1) is 10.1. The van der Waals surface area contributed by atoms with Crippen LogP contribution in [0.3, 0.4) is 0 Å². The van der Waals surface area contributed by atoms with Crippen molar-refractivity contribution in [3.05, 3.63) is 35.1 Å². The fourth-order valence-corrected chi connectivity index (χ4v) is 1.55. The minimum absolute atomic E-state index is 0.00525. The second kappa shape index (κ2) is 3.06. The number of rotatable bonds is 0. The van der Waals surface area contributed by atoms with Crippen LogP contribution < -0.4 is 0 Å². The van der Waals surface area contributed by atoms with Crippen molar-refractivity contribution < 1.29 is 5.11 Å². The molecule has 0 unspecified atom stereocenters. The van der Waals surface area contributed by atoms with Crippen LogP contribution in [0, 0.1) is 5.41 Å². The molecule has 0 spiro atoms. The minimum atomic E-state index is -0.00525. The van der Waals surface area contributed by atoms with E-state index in [9.17, 15) is 5.11 Å². The zero-order valence-electron chi connectivity index (χ0n) is 8.94. The van der Waals surface area contributed by atoms with Crippen molar-refractivity contribution in [2.45, 2.75) is 34.1 Å². The number of hydrogen-bond donors (Lipinski definition) is 1. The molecule has 1 aliphatic carbocycles. The summed E-state index contributed by atoms with van der Waals surface area (Å²) in [5.74, 6) is 0.387. The maximum atomic E-state index is 9.83. The fourth-order valence-electron chi connectivity index (χ4n) is 1.55. The molecule has 1 rings (SSSR count). The van der Waals surface area contributed by atoms with Gasteiger partial charge < -0.3 is 5.11 Å². The molecule has 0 bridgehead atoms.